The minimum absolute atomic E-state index is 0.0128. The Bertz CT molecular complexity index is 744. The normalized spacial score (nSPS) is 14.2. The van der Waals surface area contributed by atoms with Gasteiger partial charge in [-0.3, -0.25) is 9.59 Å². The molecule has 1 aliphatic rings. The Balaban J connectivity index is 1.71. The average molecular weight is 308 g/mol. The minimum atomic E-state index is -0.558. The molecule has 2 aromatic carbocycles. The van der Waals surface area contributed by atoms with Crippen molar-refractivity contribution in [1.82, 2.24) is 0 Å². The van der Waals surface area contributed by atoms with Crippen molar-refractivity contribution >= 4 is 11.6 Å². The van der Waals surface area contributed by atoms with Crippen LogP contribution in [0.2, 0.25) is 0 Å². The molecule has 0 aliphatic heterocycles. The molecule has 0 fully saturated rings. The molecule has 0 heterocycles. The first-order chi connectivity index (χ1) is 11.0. The third kappa shape index (κ3) is 3.34. The maximum Gasteiger partial charge on any atom is 0.203 e. The van der Waals surface area contributed by atoms with E-state index in [0.29, 0.717) is 16.9 Å². The van der Waals surface area contributed by atoms with Gasteiger partial charge in [0.2, 0.25) is 5.78 Å². The molecule has 0 N–H and O–H groups in total. The fourth-order valence-electron chi connectivity index (χ4n) is 2.99. The van der Waals surface area contributed by atoms with Gasteiger partial charge in [0.05, 0.1) is 0 Å². The first-order valence-electron chi connectivity index (χ1n) is 7.98. The van der Waals surface area contributed by atoms with Gasteiger partial charge >= 0.3 is 0 Å². The van der Waals surface area contributed by atoms with Crippen LogP contribution >= 0.6 is 0 Å². The number of rotatable bonds is 5. The van der Waals surface area contributed by atoms with Gasteiger partial charge in [-0.1, -0.05) is 12.1 Å². The summed E-state index contributed by atoms with van der Waals surface area (Å²) in [5.41, 5.74) is 3.98. The average Bonchev–Trinajstić information content (AvgIpc) is 3.02. The van der Waals surface area contributed by atoms with Crippen LogP contribution in [0.3, 0.4) is 0 Å². The molecule has 0 amide bonds. The second kappa shape index (κ2) is 6.37. The second-order valence-electron chi connectivity index (χ2n) is 6.04. The molecule has 118 valence electrons. The lowest BCUT2D eigenvalue weighted by atomic mass is 10.0. The Kier molecular flexibility index (Phi) is 4.28. The molecule has 0 bridgehead atoms. The van der Waals surface area contributed by atoms with Gasteiger partial charge in [-0.2, -0.15) is 0 Å². The zero-order chi connectivity index (χ0) is 16.4. The van der Waals surface area contributed by atoms with E-state index in [9.17, 15) is 9.59 Å². The van der Waals surface area contributed by atoms with E-state index in [-0.39, 0.29) is 11.6 Å². The standard InChI is InChI=1S/C20H20O3/c1-13(21)15-8-10-19(11-9-15)23-14(2)20(22)18-7-6-16-4-3-5-17(16)12-18/h6-12,14H,3-5H2,1-2H3/t14-/m1/s1. The molecular weight excluding hydrogens is 288 g/mol. The Morgan fingerprint density at radius 2 is 1.61 bits per heavy atom. The SMILES string of the molecule is CC(=O)c1ccc(O[C@H](C)C(=O)c2ccc3c(c2)CCC3)cc1. The number of benzene rings is 2. The third-order valence-electron chi connectivity index (χ3n) is 4.33. The lowest BCUT2D eigenvalue weighted by Gasteiger charge is -2.14. The highest BCUT2D eigenvalue weighted by Gasteiger charge is 2.19. The predicted octanol–water partition coefficient (Wildman–Crippen LogP) is 4.03. The van der Waals surface area contributed by atoms with E-state index >= 15 is 0 Å². The number of aryl methyl sites for hydroxylation is 2. The summed E-state index contributed by atoms with van der Waals surface area (Å²) in [6.45, 7) is 3.28. The number of carbonyl (C=O) groups excluding carboxylic acids is 2. The molecule has 0 unspecified atom stereocenters. The van der Waals surface area contributed by atoms with Crippen LogP contribution in [0, 0.1) is 0 Å². The molecule has 2 aromatic rings. The monoisotopic (exact) mass is 308 g/mol. The molecule has 3 rings (SSSR count). The van der Waals surface area contributed by atoms with Crippen LogP contribution < -0.4 is 4.74 Å². The van der Waals surface area contributed by atoms with Gasteiger partial charge in [-0.25, -0.2) is 0 Å². The smallest absolute Gasteiger partial charge is 0.203 e. The molecule has 0 aromatic heterocycles. The second-order valence-corrected chi connectivity index (χ2v) is 6.04. The number of Topliss-reactive ketones (excluding diaryl/α,β-unsaturated/α-hetero) is 2. The zero-order valence-corrected chi connectivity index (χ0v) is 13.5. The number of carbonyl (C=O) groups is 2. The van der Waals surface area contributed by atoms with Crippen molar-refractivity contribution in [2.24, 2.45) is 0 Å². The summed E-state index contributed by atoms with van der Waals surface area (Å²) in [4.78, 5) is 23.8. The molecule has 3 nitrogen and oxygen atoms in total. The van der Waals surface area contributed by atoms with Gasteiger partial charge < -0.3 is 4.74 Å². The summed E-state index contributed by atoms with van der Waals surface area (Å²) in [7, 11) is 0. The quantitative estimate of drug-likeness (QED) is 0.783. The summed E-state index contributed by atoms with van der Waals surface area (Å²) in [6.07, 6.45) is 2.77. The Labute approximate surface area is 136 Å². The van der Waals surface area contributed by atoms with Crippen LogP contribution in [-0.2, 0) is 12.8 Å². The summed E-state index contributed by atoms with van der Waals surface area (Å²) >= 11 is 0. The van der Waals surface area contributed by atoms with Crippen molar-refractivity contribution < 1.29 is 14.3 Å². The highest BCUT2D eigenvalue weighted by Crippen LogP contribution is 2.24. The first-order valence-corrected chi connectivity index (χ1v) is 7.98. The van der Waals surface area contributed by atoms with Crippen molar-refractivity contribution in [2.45, 2.75) is 39.2 Å². The summed E-state index contributed by atoms with van der Waals surface area (Å²) in [5, 5.41) is 0. The topological polar surface area (TPSA) is 43.4 Å². The van der Waals surface area contributed by atoms with E-state index < -0.39 is 6.10 Å². The molecule has 0 saturated carbocycles. The Hall–Kier alpha value is -2.42. The molecule has 23 heavy (non-hydrogen) atoms. The van der Waals surface area contributed by atoms with Crippen molar-refractivity contribution in [3.05, 3.63) is 64.7 Å². The molecule has 0 saturated heterocycles. The van der Waals surface area contributed by atoms with Crippen molar-refractivity contribution in [3.8, 4) is 5.75 Å². The van der Waals surface area contributed by atoms with Crippen molar-refractivity contribution in [3.63, 3.8) is 0 Å². The minimum Gasteiger partial charge on any atom is -0.483 e. The number of ether oxygens (including phenoxy) is 1. The highest BCUT2D eigenvalue weighted by molar-refractivity contribution is 5.99. The van der Waals surface area contributed by atoms with E-state index in [1.165, 1.54) is 24.5 Å². The summed E-state index contributed by atoms with van der Waals surface area (Å²) in [5.74, 6) is 0.589. The van der Waals surface area contributed by atoms with E-state index in [0.717, 1.165) is 12.8 Å². The van der Waals surface area contributed by atoms with E-state index in [1.54, 1.807) is 31.2 Å². The molecule has 0 spiro atoms. The molecule has 3 heteroatoms. The molecule has 1 aliphatic carbocycles. The molecular formula is C20H20O3. The maximum atomic E-state index is 12.5. The molecule has 1 atom stereocenters. The predicted molar refractivity (Wildman–Crippen MR) is 89.3 cm³/mol. The van der Waals surface area contributed by atoms with Crippen LogP contribution in [0.1, 0.15) is 52.1 Å². The number of hydrogen-bond donors (Lipinski definition) is 0. The van der Waals surface area contributed by atoms with Gasteiger partial charge in [-0.05, 0) is 74.6 Å². The van der Waals surface area contributed by atoms with E-state index in [2.05, 4.69) is 6.07 Å². The van der Waals surface area contributed by atoms with Crippen LogP contribution in [0.15, 0.2) is 42.5 Å². The summed E-state index contributed by atoms with van der Waals surface area (Å²) in [6, 6.07) is 12.8. The van der Waals surface area contributed by atoms with Crippen LogP contribution in [0.25, 0.3) is 0 Å². The molecule has 0 radical (unpaired) electrons. The van der Waals surface area contributed by atoms with Crippen molar-refractivity contribution in [2.75, 3.05) is 0 Å². The third-order valence-corrected chi connectivity index (χ3v) is 4.33. The summed E-state index contributed by atoms with van der Waals surface area (Å²) < 4.78 is 5.72. The fourth-order valence-corrected chi connectivity index (χ4v) is 2.99. The van der Waals surface area contributed by atoms with Crippen LogP contribution in [0.4, 0.5) is 0 Å². The van der Waals surface area contributed by atoms with Crippen LogP contribution in [0.5, 0.6) is 5.75 Å². The Morgan fingerprint density at radius 1 is 0.957 bits per heavy atom. The first kappa shape index (κ1) is 15.5. The largest absolute Gasteiger partial charge is 0.483 e. The van der Waals surface area contributed by atoms with E-state index in [4.69, 9.17) is 4.74 Å². The van der Waals surface area contributed by atoms with Gasteiger partial charge in [0.15, 0.2) is 11.9 Å². The van der Waals surface area contributed by atoms with Gasteiger partial charge in [0.25, 0.3) is 0 Å². The van der Waals surface area contributed by atoms with Crippen LogP contribution in [-0.4, -0.2) is 17.7 Å². The maximum absolute atomic E-state index is 12.5. The van der Waals surface area contributed by atoms with Gasteiger partial charge in [-0.15, -0.1) is 0 Å². The highest BCUT2D eigenvalue weighted by atomic mass is 16.5. The lowest BCUT2D eigenvalue weighted by molar-refractivity contribution is 0.0817. The van der Waals surface area contributed by atoms with Gasteiger partial charge in [0.1, 0.15) is 5.75 Å². The zero-order valence-electron chi connectivity index (χ0n) is 13.5. The van der Waals surface area contributed by atoms with Gasteiger partial charge in [0, 0.05) is 11.1 Å². The number of ketones is 2. The van der Waals surface area contributed by atoms with Crippen molar-refractivity contribution in [1.29, 1.82) is 0 Å². The Morgan fingerprint density at radius 3 is 2.30 bits per heavy atom. The fraction of sp³-hybridized carbons (Fsp3) is 0.300. The number of hydrogen-bond acceptors (Lipinski definition) is 3. The number of fused-ring (bicyclic) bond motifs is 1. The lowest BCUT2D eigenvalue weighted by Crippen LogP contribution is -2.24. The van der Waals surface area contributed by atoms with E-state index in [1.807, 2.05) is 12.1 Å².